The molecule has 1 aromatic rings. The van der Waals surface area contributed by atoms with Gasteiger partial charge < -0.3 is 5.32 Å². The molecule has 0 aliphatic carbocycles. The number of hydrogen-bond donors (Lipinski definition) is 1. The maximum Gasteiger partial charge on any atom is 0.123 e. The lowest BCUT2D eigenvalue weighted by molar-refractivity contribution is 0.176. The number of rotatable bonds is 2. The molecule has 1 fully saturated rings. The standard InChI is InChI=1S/C13H18FN.C2H7N.C2H6/c1-11-3-2-8-15(9-11)10-12-4-6-13(14)7-5-12;1-3-2;1-2/h4-7,11H,2-3,8-10H2,1H3;3H,1-2H3;1-2H3/t11-;;/m0../s1. The Kier molecular flexibility index (Phi) is 11.3. The van der Waals surface area contributed by atoms with E-state index in [9.17, 15) is 4.39 Å². The van der Waals surface area contributed by atoms with E-state index in [1.807, 2.05) is 40.1 Å². The Morgan fingerprint density at radius 3 is 2.25 bits per heavy atom. The molecule has 1 aliphatic heterocycles. The second-order valence-corrected chi connectivity index (χ2v) is 5.11. The first-order chi connectivity index (χ1) is 9.65. The van der Waals surface area contributed by atoms with Crippen LogP contribution < -0.4 is 5.32 Å². The van der Waals surface area contributed by atoms with Crippen molar-refractivity contribution in [3.63, 3.8) is 0 Å². The minimum absolute atomic E-state index is 0.147. The van der Waals surface area contributed by atoms with Crippen LogP contribution in [0, 0.1) is 11.7 Å². The lowest BCUT2D eigenvalue weighted by Gasteiger charge is -2.30. The predicted molar refractivity (Wildman–Crippen MR) is 86.4 cm³/mol. The van der Waals surface area contributed by atoms with E-state index >= 15 is 0 Å². The first-order valence-electron chi connectivity index (χ1n) is 7.71. The van der Waals surface area contributed by atoms with Crippen molar-refractivity contribution < 1.29 is 4.39 Å². The maximum absolute atomic E-state index is 12.7. The highest BCUT2D eigenvalue weighted by molar-refractivity contribution is 5.15. The van der Waals surface area contributed by atoms with E-state index in [4.69, 9.17) is 0 Å². The van der Waals surface area contributed by atoms with Crippen LogP contribution in [0.4, 0.5) is 4.39 Å². The summed E-state index contributed by atoms with van der Waals surface area (Å²) in [5.74, 6) is 0.657. The third-order valence-corrected chi connectivity index (χ3v) is 3.06. The summed E-state index contributed by atoms with van der Waals surface area (Å²) in [5, 5.41) is 2.75. The van der Waals surface area contributed by atoms with Crippen LogP contribution >= 0.6 is 0 Å². The van der Waals surface area contributed by atoms with Crippen molar-refractivity contribution >= 4 is 0 Å². The molecular weight excluding hydrogens is 251 g/mol. The van der Waals surface area contributed by atoms with Gasteiger partial charge in [0.1, 0.15) is 5.82 Å². The molecule has 1 aliphatic rings. The van der Waals surface area contributed by atoms with E-state index in [1.54, 1.807) is 12.1 Å². The normalized spacial score (nSPS) is 18.4. The van der Waals surface area contributed by atoms with Crippen LogP contribution in [-0.2, 0) is 6.54 Å². The van der Waals surface area contributed by atoms with Crippen molar-refractivity contribution in [2.45, 2.75) is 40.2 Å². The van der Waals surface area contributed by atoms with Gasteiger partial charge in [-0.05, 0) is 57.1 Å². The summed E-state index contributed by atoms with van der Waals surface area (Å²) >= 11 is 0. The molecule has 2 nitrogen and oxygen atoms in total. The summed E-state index contributed by atoms with van der Waals surface area (Å²) < 4.78 is 12.7. The molecule has 0 unspecified atom stereocenters. The molecule has 1 aromatic carbocycles. The summed E-state index contributed by atoms with van der Waals surface area (Å²) in [6.07, 6.45) is 2.64. The molecule has 3 heteroatoms. The first-order valence-corrected chi connectivity index (χ1v) is 7.71. The van der Waals surface area contributed by atoms with Crippen LogP contribution in [0.25, 0.3) is 0 Å². The van der Waals surface area contributed by atoms with E-state index in [-0.39, 0.29) is 5.82 Å². The van der Waals surface area contributed by atoms with Crippen LogP contribution in [0.1, 0.15) is 39.2 Å². The van der Waals surface area contributed by atoms with E-state index in [0.29, 0.717) is 0 Å². The first kappa shape index (κ1) is 19.1. The second-order valence-electron chi connectivity index (χ2n) is 5.11. The minimum Gasteiger partial charge on any atom is -0.323 e. The molecule has 0 bridgehead atoms. The number of piperidine rings is 1. The number of likely N-dealkylation sites (tertiary alicyclic amines) is 1. The molecule has 0 radical (unpaired) electrons. The lowest BCUT2D eigenvalue weighted by Crippen LogP contribution is -2.33. The fourth-order valence-corrected chi connectivity index (χ4v) is 2.28. The smallest absolute Gasteiger partial charge is 0.123 e. The molecule has 1 heterocycles. The summed E-state index contributed by atoms with van der Waals surface area (Å²) in [7, 11) is 3.75. The van der Waals surface area contributed by atoms with E-state index in [2.05, 4.69) is 17.1 Å². The third-order valence-electron chi connectivity index (χ3n) is 3.06. The van der Waals surface area contributed by atoms with Crippen molar-refractivity contribution in [3.8, 4) is 0 Å². The quantitative estimate of drug-likeness (QED) is 0.884. The predicted octanol–water partition coefficient (Wildman–Crippen LogP) is 3.92. The highest BCUT2D eigenvalue weighted by Gasteiger charge is 2.15. The highest BCUT2D eigenvalue weighted by Crippen LogP contribution is 2.17. The van der Waals surface area contributed by atoms with Gasteiger partial charge in [0.05, 0.1) is 0 Å². The van der Waals surface area contributed by atoms with E-state index in [1.165, 1.54) is 31.5 Å². The van der Waals surface area contributed by atoms with Gasteiger partial charge >= 0.3 is 0 Å². The van der Waals surface area contributed by atoms with Gasteiger partial charge in [0.25, 0.3) is 0 Å². The van der Waals surface area contributed by atoms with Gasteiger partial charge in [-0.15, -0.1) is 0 Å². The Morgan fingerprint density at radius 2 is 1.75 bits per heavy atom. The molecular formula is C17H31FN2. The number of nitrogens with zero attached hydrogens (tertiary/aromatic N) is 1. The van der Waals surface area contributed by atoms with Gasteiger partial charge in [-0.25, -0.2) is 4.39 Å². The highest BCUT2D eigenvalue weighted by atomic mass is 19.1. The Hall–Kier alpha value is -0.930. The van der Waals surface area contributed by atoms with Gasteiger partial charge in [0.15, 0.2) is 0 Å². The van der Waals surface area contributed by atoms with Crippen LogP contribution in [-0.4, -0.2) is 32.1 Å². The molecule has 0 aromatic heterocycles. The van der Waals surface area contributed by atoms with Crippen molar-refractivity contribution in [2.24, 2.45) is 5.92 Å². The van der Waals surface area contributed by atoms with Crippen LogP contribution in [0.3, 0.4) is 0 Å². The molecule has 0 saturated carbocycles. The Balaban J connectivity index is 0.000000641. The van der Waals surface area contributed by atoms with E-state index < -0.39 is 0 Å². The van der Waals surface area contributed by atoms with Crippen LogP contribution in [0.15, 0.2) is 24.3 Å². The maximum atomic E-state index is 12.7. The topological polar surface area (TPSA) is 15.3 Å². The van der Waals surface area contributed by atoms with Crippen molar-refractivity contribution in [2.75, 3.05) is 27.2 Å². The summed E-state index contributed by atoms with van der Waals surface area (Å²) in [6, 6.07) is 6.86. The zero-order valence-corrected chi connectivity index (χ0v) is 13.7. The SMILES string of the molecule is CC.CNC.C[C@H]1CCCN(Cc2ccc(F)cc2)C1. The summed E-state index contributed by atoms with van der Waals surface area (Å²) in [4.78, 5) is 2.46. The lowest BCUT2D eigenvalue weighted by atomic mass is 10.00. The van der Waals surface area contributed by atoms with Gasteiger partial charge in [0.2, 0.25) is 0 Å². The second kappa shape index (κ2) is 11.9. The molecule has 1 N–H and O–H groups in total. The van der Waals surface area contributed by atoms with Crippen molar-refractivity contribution in [1.29, 1.82) is 0 Å². The third kappa shape index (κ3) is 8.28. The van der Waals surface area contributed by atoms with Gasteiger partial charge in [0, 0.05) is 13.1 Å². The monoisotopic (exact) mass is 282 g/mol. The molecule has 2 rings (SSSR count). The molecule has 1 atom stereocenters. The fourth-order valence-electron chi connectivity index (χ4n) is 2.28. The zero-order valence-electron chi connectivity index (χ0n) is 13.7. The largest absolute Gasteiger partial charge is 0.323 e. The molecule has 0 amide bonds. The van der Waals surface area contributed by atoms with E-state index in [0.717, 1.165) is 12.5 Å². The Morgan fingerprint density at radius 1 is 1.20 bits per heavy atom. The summed E-state index contributed by atoms with van der Waals surface area (Å²) in [5.41, 5.74) is 1.21. The van der Waals surface area contributed by atoms with Crippen molar-refractivity contribution in [1.82, 2.24) is 10.2 Å². The zero-order chi connectivity index (χ0) is 15.4. The number of benzene rings is 1. The average molecular weight is 282 g/mol. The van der Waals surface area contributed by atoms with Crippen LogP contribution in [0.5, 0.6) is 0 Å². The van der Waals surface area contributed by atoms with Crippen LogP contribution in [0.2, 0.25) is 0 Å². The van der Waals surface area contributed by atoms with Gasteiger partial charge in [-0.1, -0.05) is 32.9 Å². The fraction of sp³-hybridized carbons (Fsp3) is 0.647. The Labute approximate surface area is 124 Å². The van der Waals surface area contributed by atoms with Gasteiger partial charge in [-0.2, -0.15) is 0 Å². The molecule has 1 saturated heterocycles. The molecule has 116 valence electrons. The number of halogens is 1. The Bertz CT molecular complexity index is 324. The molecule has 20 heavy (non-hydrogen) atoms. The minimum atomic E-state index is -0.147. The number of nitrogens with one attached hydrogen (secondary N) is 1. The number of hydrogen-bond acceptors (Lipinski definition) is 2. The van der Waals surface area contributed by atoms with Gasteiger partial charge in [-0.3, -0.25) is 4.90 Å². The van der Waals surface area contributed by atoms with Crippen molar-refractivity contribution in [3.05, 3.63) is 35.6 Å². The average Bonchev–Trinajstić information content (AvgIpc) is 2.45. The summed E-state index contributed by atoms with van der Waals surface area (Å²) in [6.45, 7) is 9.63. The molecule has 0 spiro atoms.